The van der Waals surface area contributed by atoms with Crippen LogP contribution in [0.5, 0.6) is 0 Å². The Balaban J connectivity index is 1.66. The molecule has 2 saturated heterocycles. The molecule has 2 aliphatic rings. The monoisotopic (exact) mass is 368 g/mol. The van der Waals surface area contributed by atoms with Gasteiger partial charge in [0, 0.05) is 48.6 Å². The SMILES string of the molecule is O=C(CC1CCC(=O)N1Cc1ccc(Cl)cc1Cl)N1CCCCC1. The molecule has 0 N–H and O–H groups in total. The van der Waals surface area contributed by atoms with Gasteiger partial charge in [-0.3, -0.25) is 9.59 Å². The van der Waals surface area contributed by atoms with Crippen molar-refractivity contribution >= 4 is 35.0 Å². The van der Waals surface area contributed by atoms with Crippen LogP contribution in [0.2, 0.25) is 10.0 Å². The van der Waals surface area contributed by atoms with Gasteiger partial charge in [0.1, 0.15) is 0 Å². The number of hydrogen-bond donors (Lipinski definition) is 0. The number of benzene rings is 1. The fourth-order valence-electron chi connectivity index (χ4n) is 3.53. The van der Waals surface area contributed by atoms with Gasteiger partial charge in [-0.15, -0.1) is 0 Å². The first-order valence-corrected chi connectivity index (χ1v) is 9.31. The van der Waals surface area contributed by atoms with E-state index in [1.165, 1.54) is 6.42 Å². The molecule has 1 unspecified atom stereocenters. The lowest BCUT2D eigenvalue weighted by molar-refractivity contribution is -0.135. The summed E-state index contributed by atoms with van der Waals surface area (Å²) in [5.74, 6) is 0.263. The van der Waals surface area contributed by atoms with Crippen molar-refractivity contribution in [2.45, 2.75) is 51.1 Å². The summed E-state index contributed by atoms with van der Waals surface area (Å²) in [6.07, 6.45) is 5.02. The van der Waals surface area contributed by atoms with Gasteiger partial charge in [0.25, 0.3) is 0 Å². The van der Waals surface area contributed by atoms with Crippen molar-refractivity contribution in [1.29, 1.82) is 0 Å². The Bertz CT molecular complexity index is 629. The zero-order chi connectivity index (χ0) is 17.1. The molecule has 2 amide bonds. The lowest BCUT2D eigenvalue weighted by atomic mass is 10.1. The van der Waals surface area contributed by atoms with Crippen molar-refractivity contribution in [2.24, 2.45) is 0 Å². The molecule has 2 heterocycles. The van der Waals surface area contributed by atoms with Crippen LogP contribution in [-0.2, 0) is 16.1 Å². The molecule has 0 aliphatic carbocycles. The standard InChI is InChI=1S/C18H22Cl2N2O2/c19-14-5-4-13(16(20)10-14)12-22-15(6-7-17(22)23)11-18(24)21-8-2-1-3-9-21/h4-5,10,15H,1-3,6-9,11-12H2. The molecule has 1 atom stereocenters. The summed E-state index contributed by atoms with van der Waals surface area (Å²) < 4.78 is 0. The minimum absolute atomic E-state index is 0.0290. The summed E-state index contributed by atoms with van der Waals surface area (Å²) in [6.45, 7) is 2.14. The van der Waals surface area contributed by atoms with Crippen molar-refractivity contribution < 1.29 is 9.59 Å². The number of amides is 2. The number of nitrogens with zero attached hydrogens (tertiary/aromatic N) is 2. The van der Waals surface area contributed by atoms with E-state index in [1.807, 2.05) is 11.0 Å². The number of halogens is 2. The zero-order valence-corrected chi connectivity index (χ0v) is 15.2. The average Bonchev–Trinajstić information content (AvgIpc) is 2.91. The Morgan fingerprint density at radius 3 is 2.62 bits per heavy atom. The third-order valence-corrected chi connectivity index (χ3v) is 5.51. The maximum absolute atomic E-state index is 12.5. The molecule has 24 heavy (non-hydrogen) atoms. The van der Waals surface area contributed by atoms with Gasteiger partial charge in [-0.1, -0.05) is 29.3 Å². The van der Waals surface area contributed by atoms with Crippen molar-refractivity contribution in [3.05, 3.63) is 33.8 Å². The second-order valence-corrected chi connectivity index (χ2v) is 7.44. The molecular weight excluding hydrogens is 347 g/mol. The molecular formula is C18H22Cl2N2O2. The Morgan fingerprint density at radius 2 is 1.92 bits per heavy atom. The molecule has 3 rings (SSSR count). The molecule has 0 saturated carbocycles. The Hall–Kier alpha value is -1.26. The normalized spacial score (nSPS) is 21.4. The van der Waals surface area contributed by atoms with E-state index in [0.29, 0.717) is 29.4 Å². The molecule has 2 fully saturated rings. The van der Waals surface area contributed by atoms with E-state index in [-0.39, 0.29) is 17.9 Å². The quantitative estimate of drug-likeness (QED) is 0.808. The smallest absolute Gasteiger partial charge is 0.224 e. The van der Waals surface area contributed by atoms with E-state index in [1.54, 1.807) is 17.0 Å². The van der Waals surface area contributed by atoms with Crippen LogP contribution >= 0.6 is 23.2 Å². The van der Waals surface area contributed by atoms with Gasteiger partial charge in [-0.25, -0.2) is 0 Å². The van der Waals surface area contributed by atoms with Crippen LogP contribution in [0.3, 0.4) is 0 Å². The van der Waals surface area contributed by atoms with Crippen molar-refractivity contribution in [3.63, 3.8) is 0 Å². The minimum Gasteiger partial charge on any atom is -0.343 e. The Morgan fingerprint density at radius 1 is 1.17 bits per heavy atom. The topological polar surface area (TPSA) is 40.6 Å². The second-order valence-electron chi connectivity index (χ2n) is 6.60. The minimum atomic E-state index is -0.0290. The van der Waals surface area contributed by atoms with Crippen LogP contribution in [0.4, 0.5) is 0 Å². The predicted molar refractivity (Wildman–Crippen MR) is 95.1 cm³/mol. The molecule has 4 nitrogen and oxygen atoms in total. The molecule has 1 aromatic carbocycles. The van der Waals surface area contributed by atoms with Crippen LogP contribution in [0.1, 0.15) is 44.1 Å². The van der Waals surface area contributed by atoms with Crippen LogP contribution in [-0.4, -0.2) is 40.7 Å². The van der Waals surface area contributed by atoms with Crippen molar-refractivity contribution in [3.8, 4) is 0 Å². The molecule has 130 valence electrons. The van der Waals surface area contributed by atoms with Crippen molar-refractivity contribution in [1.82, 2.24) is 9.80 Å². The first-order valence-electron chi connectivity index (χ1n) is 8.56. The van der Waals surface area contributed by atoms with Gasteiger partial charge < -0.3 is 9.80 Å². The Labute approximate surface area is 152 Å². The summed E-state index contributed by atoms with van der Waals surface area (Å²) >= 11 is 12.2. The number of carbonyl (C=O) groups excluding carboxylic acids is 2. The predicted octanol–water partition coefficient (Wildman–Crippen LogP) is 3.89. The number of rotatable bonds is 4. The van der Waals surface area contributed by atoms with E-state index in [0.717, 1.165) is 37.9 Å². The maximum atomic E-state index is 12.5. The van der Waals surface area contributed by atoms with Gasteiger partial charge in [-0.2, -0.15) is 0 Å². The molecule has 0 spiro atoms. The first kappa shape index (κ1) is 17.6. The highest BCUT2D eigenvalue weighted by atomic mass is 35.5. The second kappa shape index (κ2) is 7.75. The molecule has 0 bridgehead atoms. The summed E-state index contributed by atoms with van der Waals surface area (Å²) in [5, 5.41) is 1.14. The molecule has 2 aliphatic heterocycles. The van der Waals surface area contributed by atoms with E-state index in [2.05, 4.69) is 0 Å². The average molecular weight is 369 g/mol. The van der Waals surface area contributed by atoms with Crippen LogP contribution in [0.25, 0.3) is 0 Å². The zero-order valence-electron chi connectivity index (χ0n) is 13.6. The number of hydrogen-bond acceptors (Lipinski definition) is 2. The lowest BCUT2D eigenvalue weighted by Crippen LogP contribution is -2.41. The molecule has 0 aromatic heterocycles. The van der Waals surface area contributed by atoms with Gasteiger partial charge in [0.15, 0.2) is 0 Å². The molecule has 1 aromatic rings. The van der Waals surface area contributed by atoms with E-state index in [9.17, 15) is 9.59 Å². The summed E-state index contributed by atoms with van der Waals surface area (Å²) in [5.41, 5.74) is 0.867. The highest BCUT2D eigenvalue weighted by Crippen LogP contribution is 2.28. The van der Waals surface area contributed by atoms with E-state index < -0.39 is 0 Å². The maximum Gasteiger partial charge on any atom is 0.224 e. The first-order chi connectivity index (χ1) is 11.5. The van der Waals surface area contributed by atoms with Gasteiger partial charge >= 0.3 is 0 Å². The summed E-state index contributed by atoms with van der Waals surface area (Å²) in [6, 6.07) is 5.28. The third-order valence-electron chi connectivity index (χ3n) is 4.93. The number of carbonyl (C=O) groups is 2. The van der Waals surface area contributed by atoms with Crippen molar-refractivity contribution in [2.75, 3.05) is 13.1 Å². The van der Waals surface area contributed by atoms with E-state index >= 15 is 0 Å². The van der Waals surface area contributed by atoms with Crippen LogP contribution < -0.4 is 0 Å². The molecule has 0 radical (unpaired) electrons. The van der Waals surface area contributed by atoms with Crippen LogP contribution in [0.15, 0.2) is 18.2 Å². The Kier molecular flexibility index (Phi) is 5.67. The van der Waals surface area contributed by atoms with Crippen LogP contribution in [0, 0.1) is 0 Å². The van der Waals surface area contributed by atoms with Gasteiger partial charge in [0.05, 0.1) is 0 Å². The highest BCUT2D eigenvalue weighted by molar-refractivity contribution is 6.35. The third kappa shape index (κ3) is 4.04. The summed E-state index contributed by atoms with van der Waals surface area (Å²) in [4.78, 5) is 28.5. The lowest BCUT2D eigenvalue weighted by Gasteiger charge is -2.30. The van der Waals surface area contributed by atoms with E-state index in [4.69, 9.17) is 23.2 Å². The number of likely N-dealkylation sites (tertiary alicyclic amines) is 2. The molecule has 6 heteroatoms. The van der Waals surface area contributed by atoms with Gasteiger partial charge in [0.2, 0.25) is 11.8 Å². The fraction of sp³-hybridized carbons (Fsp3) is 0.556. The highest BCUT2D eigenvalue weighted by Gasteiger charge is 2.34. The summed E-state index contributed by atoms with van der Waals surface area (Å²) in [7, 11) is 0. The fourth-order valence-corrected chi connectivity index (χ4v) is 4.00. The largest absolute Gasteiger partial charge is 0.343 e. The van der Waals surface area contributed by atoms with Gasteiger partial charge in [-0.05, 0) is 43.4 Å². The number of piperidine rings is 1.